The second-order valence-electron chi connectivity index (χ2n) is 3.24. The van der Waals surface area contributed by atoms with Crippen LogP contribution in [0.5, 0.6) is 5.75 Å². The molecule has 0 bridgehead atoms. The summed E-state index contributed by atoms with van der Waals surface area (Å²) in [5, 5.41) is 18.3. The van der Waals surface area contributed by atoms with Gasteiger partial charge in [-0.15, -0.1) is 0 Å². The molecule has 5 nitrogen and oxygen atoms in total. The Morgan fingerprint density at radius 1 is 1.59 bits per heavy atom. The summed E-state index contributed by atoms with van der Waals surface area (Å²) in [5.74, 6) is -0.796. The topological polar surface area (TPSA) is 87.4 Å². The van der Waals surface area contributed by atoms with Gasteiger partial charge in [-0.25, -0.2) is 0 Å². The van der Waals surface area contributed by atoms with Crippen LogP contribution in [-0.4, -0.2) is 24.0 Å². The van der Waals surface area contributed by atoms with E-state index in [1.54, 1.807) is 13.0 Å². The third kappa shape index (κ3) is 2.82. The van der Waals surface area contributed by atoms with Crippen molar-refractivity contribution in [3.63, 3.8) is 0 Å². The fraction of sp³-hybridized carbons (Fsp3) is 0.250. The molecule has 5 heteroatoms. The van der Waals surface area contributed by atoms with Crippen molar-refractivity contribution >= 4 is 12.3 Å². The van der Waals surface area contributed by atoms with E-state index in [0.717, 1.165) is 0 Å². The highest BCUT2D eigenvalue weighted by molar-refractivity contribution is 5.84. The van der Waals surface area contributed by atoms with Crippen molar-refractivity contribution in [1.82, 2.24) is 0 Å². The van der Waals surface area contributed by atoms with E-state index in [-0.39, 0.29) is 35.5 Å². The molecule has 0 unspecified atom stereocenters. The van der Waals surface area contributed by atoms with Gasteiger partial charge in [0.15, 0.2) is 0 Å². The summed E-state index contributed by atoms with van der Waals surface area (Å²) in [5.41, 5.74) is 0.330. The standard InChI is InChI=1S/C12H11NO4/c1-2-17-12(16)5-9-8(7-14)3-4-11(15)10(9)6-13/h3-4,7,15H,2,5H2,1H3. The molecule has 0 aromatic heterocycles. The molecule has 1 aromatic carbocycles. The Balaban J connectivity index is 3.19. The van der Waals surface area contributed by atoms with Gasteiger partial charge in [0.25, 0.3) is 0 Å². The van der Waals surface area contributed by atoms with Gasteiger partial charge in [0.05, 0.1) is 18.6 Å². The molecule has 88 valence electrons. The Hall–Kier alpha value is -2.35. The van der Waals surface area contributed by atoms with Gasteiger partial charge in [0, 0.05) is 5.56 Å². The molecule has 0 fully saturated rings. The zero-order chi connectivity index (χ0) is 12.8. The van der Waals surface area contributed by atoms with Gasteiger partial charge in [-0.1, -0.05) is 0 Å². The van der Waals surface area contributed by atoms with Crippen LogP contribution in [0.3, 0.4) is 0 Å². The Morgan fingerprint density at radius 2 is 2.29 bits per heavy atom. The van der Waals surface area contributed by atoms with Crippen molar-refractivity contribution in [2.75, 3.05) is 6.61 Å². The number of carbonyl (C=O) groups is 2. The lowest BCUT2D eigenvalue weighted by atomic mass is 9.98. The van der Waals surface area contributed by atoms with E-state index in [9.17, 15) is 14.7 Å². The van der Waals surface area contributed by atoms with Crippen molar-refractivity contribution in [2.45, 2.75) is 13.3 Å². The fourth-order valence-corrected chi connectivity index (χ4v) is 1.43. The molecule has 1 rings (SSSR count). The Labute approximate surface area is 98.2 Å². The summed E-state index contributed by atoms with van der Waals surface area (Å²) in [7, 11) is 0. The fourth-order valence-electron chi connectivity index (χ4n) is 1.43. The second kappa shape index (κ2) is 5.66. The predicted octanol–water partition coefficient (Wildman–Crippen LogP) is 1.18. The lowest BCUT2D eigenvalue weighted by Gasteiger charge is -2.08. The van der Waals surface area contributed by atoms with E-state index in [0.29, 0.717) is 6.29 Å². The first kappa shape index (κ1) is 12.7. The molecule has 0 saturated heterocycles. The minimum atomic E-state index is -0.544. The number of benzene rings is 1. The summed E-state index contributed by atoms with van der Waals surface area (Å²) in [6, 6.07) is 4.38. The van der Waals surface area contributed by atoms with Gasteiger partial charge in [0.1, 0.15) is 18.1 Å². The number of hydrogen-bond donors (Lipinski definition) is 1. The van der Waals surface area contributed by atoms with Crippen LogP contribution in [0.4, 0.5) is 0 Å². The number of aromatic hydroxyl groups is 1. The van der Waals surface area contributed by atoms with Gasteiger partial charge in [-0.3, -0.25) is 9.59 Å². The molecule has 0 radical (unpaired) electrons. The summed E-state index contributed by atoms with van der Waals surface area (Å²) < 4.78 is 4.74. The third-order valence-electron chi connectivity index (χ3n) is 2.19. The zero-order valence-corrected chi connectivity index (χ0v) is 9.27. The van der Waals surface area contributed by atoms with E-state index in [1.165, 1.54) is 12.1 Å². The van der Waals surface area contributed by atoms with Gasteiger partial charge in [0.2, 0.25) is 0 Å². The second-order valence-corrected chi connectivity index (χ2v) is 3.24. The van der Waals surface area contributed by atoms with Crippen molar-refractivity contribution in [2.24, 2.45) is 0 Å². The van der Waals surface area contributed by atoms with E-state index in [1.807, 2.05) is 0 Å². The maximum absolute atomic E-state index is 11.3. The number of hydrogen-bond acceptors (Lipinski definition) is 5. The van der Waals surface area contributed by atoms with Crippen LogP contribution in [0.15, 0.2) is 12.1 Å². The van der Waals surface area contributed by atoms with E-state index in [4.69, 9.17) is 10.00 Å². The van der Waals surface area contributed by atoms with Crippen molar-refractivity contribution in [1.29, 1.82) is 5.26 Å². The maximum atomic E-state index is 11.3. The molecule has 0 amide bonds. The number of carbonyl (C=O) groups excluding carboxylic acids is 2. The molecule has 17 heavy (non-hydrogen) atoms. The molecule has 0 atom stereocenters. The van der Waals surface area contributed by atoms with Crippen molar-refractivity contribution < 1.29 is 19.4 Å². The van der Waals surface area contributed by atoms with E-state index < -0.39 is 5.97 Å². The highest BCUT2D eigenvalue weighted by Gasteiger charge is 2.16. The monoisotopic (exact) mass is 233 g/mol. The summed E-state index contributed by atoms with van der Waals surface area (Å²) >= 11 is 0. The van der Waals surface area contributed by atoms with Crippen LogP contribution in [0.1, 0.15) is 28.4 Å². The largest absolute Gasteiger partial charge is 0.507 e. The van der Waals surface area contributed by atoms with Crippen LogP contribution in [-0.2, 0) is 16.0 Å². The molecular formula is C12H11NO4. The SMILES string of the molecule is CCOC(=O)Cc1c(C=O)ccc(O)c1C#N. The number of phenols is 1. The molecule has 1 N–H and O–H groups in total. The third-order valence-corrected chi connectivity index (χ3v) is 2.19. The first-order valence-corrected chi connectivity index (χ1v) is 4.99. The van der Waals surface area contributed by atoms with E-state index in [2.05, 4.69) is 0 Å². The quantitative estimate of drug-likeness (QED) is 0.623. The number of nitrogens with zero attached hydrogens (tertiary/aromatic N) is 1. The lowest BCUT2D eigenvalue weighted by Crippen LogP contribution is -2.10. The van der Waals surface area contributed by atoms with Crippen LogP contribution >= 0.6 is 0 Å². The minimum absolute atomic E-state index is 0.0670. The normalized spacial score (nSPS) is 9.41. The van der Waals surface area contributed by atoms with Gasteiger partial charge >= 0.3 is 5.97 Å². The van der Waals surface area contributed by atoms with Crippen LogP contribution in [0, 0.1) is 11.3 Å². The van der Waals surface area contributed by atoms with E-state index >= 15 is 0 Å². The Kier molecular flexibility index (Phi) is 4.23. The maximum Gasteiger partial charge on any atom is 0.310 e. The van der Waals surface area contributed by atoms with Gasteiger partial charge in [-0.05, 0) is 24.6 Å². The summed E-state index contributed by atoms with van der Waals surface area (Å²) in [6.45, 7) is 1.88. The first-order valence-electron chi connectivity index (χ1n) is 4.99. The zero-order valence-electron chi connectivity index (χ0n) is 9.27. The number of esters is 1. The van der Waals surface area contributed by atoms with Crippen LogP contribution in [0.25, 0.3) is 0 Å². The molecule has 0 heterocycles. The smallest absolute Gasteiger partial charge is 0.310 e. The average molecular weight is 233 g/mol. The Morgan fingerprint density at radius 3 is 2.82 bits per heavy atom. The summed E-state index contributed by atoms with van der Waals surface area (Å²) in [6.07, 6.45) is 0.327. The number of nitriles is 1. The molecule has 0 aliphatic heterocycles. The molecule has 0 aliphatic carbocycles. The Bertz CT molecular complexity index is 488. The molecule has 0 saturated carbocycles. The van der Waals surface area contributed by atoms with Gasteiger partial charge in [-0.2, -0.15) is 5.26 Å². The summed E-state index contributed by atoms with van der Waals surface area (Å²) in [4.78, 5) is 22.1. The lowest BCUT2D eigenvalue weighted by molar-refractivity contribution is -0.142. The predicted molar refractivity (Wildman–Crippen MR) is 58.5 cm³/mol. The molecular weight excluding hydrogens is 222 g/mol. The number of aldehydes is 1. The number of rotatable bonds is 4. The molecule has 1 aromatic rings. The first-order chi connectivity index (χ1) is 8.13. The molecule has 0 aliphatic rings. The van der Waals surface area contributed by atoms with Crippen LogP contribution in [0.2, 0.25) is 0 Å². The number of phenolic OH excluding ortho intramolecular Hbond substituents is 1. The minimum Gasteiger partial charge on any atom is -0.507 e. The molecule has 0 spiro atoms. The van der Waals surface area contributed by atoms with Crippen molar-refractivity contribution in [3.05, 3.63) is 28.8 Å². The highest BCUT2D eigenvalue weighted by atomic mass is 16.5. The van der Waals surface area contributed by atoms with Gasteiger partial charge < -0.3 is 9.84 Å². The highest BCUT2D eigenvalue weighted by Crippen LogP contribution is 2.23. The number of ether oxygens (including phenoxy) is 1. The average Bonchev–Trinajstić information content (AvgIpc) is 2.30. The van der Waals surface area contributed by atoms with Crippen molar-refractivity contribution in [3.8, 4) is 11.8 Å². The van der Waals surface area contributed by atoms with Crippen LogP contribution < -0.4 is 0 Å².